The van der Waals surface area contributed by atoms with Gasteiger partial charge < -0.3 is 14.7 Å². The SMILES string of the molecule is O=C(c1cccnc1)N1CCc2onc(Nc3cccc(F)c3)c2C1. The van der Waals surface area contributed by atoms with Crippen molar-refractivity contribution in [2.45, 2.75) is 13.0 Å². The number of amides is 1. The van der Waals surface area contributed by atoms with Crippen LogP contribution in [0.5, 0.6) is 0 Å². The van der Waals surface area contributed by atoms with E-state index in [1.807, 2.05) is 0 Å². The quantitative estimate of drug-likeness (QED) is 0.794. The molecule has 4 rings (SSSR count). The van der Waals surface area contributed by atoms with Crippen LogP contribution in [0.2, 0.25) is 0 Å². The Kier molecular flexibility index (Phi) is 3.89. The summed E-state index contributed by atoms with van der Waals surface area (Å²) in [6.07, 6.45) is 3.77. The molecule has 0 unspecified atom stereocenters. The second-order valence-electron chi connectivity index (χ2n) is 5.79. The fourth-order valence-electron chi connectivity index (χ4n) is 2.86. The van der Waals surface area contributed by atoms with E-state index in [2.05, 4.69) is 15.5 Å². The zero-order valence-corrected chi connectivity index (χ0v) is 13.3. The molecule has 0 spiro atoms. The van der Waals surface area contributed by atoms with E-state index in [4.69, 9.17) is 4.52 Å². The predicted molar refractivity (Wildman–Crippen MR) is 88.9 cm³/mol. The van der Waals surface area contributed by atoms with E-state index in [0.29, 0.717) is 36.6 Å². The lowest BCUT2D eigenvalue weighted by atomic mass is 10.1. The lowest BCUT2D eigenvalue weighted by molar-refractivity contribution is 0.0728. The minimum atomic E-state index is -0.337. The van der Waals surface area contributed by atoms with Crippen molar-refractivity contribution in [2.75, 3.05) is 11.9 Å². The summed E-state index contributed by atoms with van der Waals surface area (Å²) < 4.78 is 18.7. The van der Waals surface area contributed by atoms with Crippen LogP contribution in [0.25, 0.3) is 0 Å². The molecule has 1 aliphatic heterocycles. The summed E-state index contributed by atoms with van der Waals surface area (Å²) in [5.74, 6) is 0.825. The molecule has 0 atom stereocenters. The maximum Gasteiger partial charge on any atom is 0.255 e. The number of carbonyl (C=O) groups is 1. The lowest BCUT2D eigenvalue weighted by Gasteiger charge is -2.26. The Labute approximate surface area is 143 Å². The van der Waals surface area contributed by atoms with Crippen molar-refractivity contribution >= 4 is 17.4 Å². The van der Waals surface area contributed by atoms with E-state index >= 15 is 0 Å². The predicted octanol–water partition coefficient (Wildman–Crippen LogP) is 3.15. The molecule has 1 N–H and O–H groups in total. The monoisotopic (exact) mass is 338 g/mol. The van der Waals surface area contributed by atoms with Crippen molar-refractivity contribution in [3.8, 4) is 0 Å². The van der Waals surface area contributed by atoms with Gasteiger partial charge >= 0.3 is 0 Å². The highest BCUT2D eigenvalue weighted by Gasteiger charge is 2.27. The first-order valence-electron chi connectivity index (χ1n) is 7.90. The number of hydrogen-bond donors (Lipinski definition) is 1. The summed E-state index contributed by atoms with van der Waals surface area (Å²) in [4.78, 5) is 18.3. The second kappa shape index (κ2) is 6.35. The Morgan fingerprint density at radius 1 is 1.28 bits per heavy atom. The molecule has 3 aromatic rings. The third-order valence-electron chi connectivity index (χ3n) is 4.11. The van der Waals surface area contributed by atoms with Crippen LogP contribution in [-0.4, -0.2) is 27.5 Å². The number of benzene rings is 1. The van der Waals surface area contributed by atoms with Crippen molar-refractivity contribution in [1.82, 2.24) is 15.0 Å². The standard InChI is InChI=1S/C18H15FN4O2/c19-13-4-1-5-14(9-13)21-17-15-11-23(8-6-16(15)25-22-17)18(24)12-3-2-7-20-10-12/h1-5,7,9-10H,6,8,11H2,(H,21,22). The van der Waals surface area contributed by atoms with Crippen molar-refractivity contribution in [2.24, 2.45) is 0 Å². The van der Waals surface area contributed by atoms with Crippen LogP contribution in [0, 0.1) is 5.82 Å². The Balaban J connectivity index is 1.56. The first-order valence-corrected chi connectivity index (χ1v) is 7.90. The summed E-state index contributed by atoms with van der Waals surface area (Å²) in [6, 6.07) is 9.58. The molecule has 1 aromatic carbocycles. The highest BCUT2D eigenvalue weighted by Crippen LogP contribution is 2.29. The maximum atomic E-state index is 13.3. The van der Waals surface area contributed by atoms with Crippen LogP contribution >= 0.6 is 0 Å². The van der Waals surface area contributed by atoms with Crippen LogP contribution in [0.3, 0.4) is 0 Å². The van der Waals surface area contributed by atoms with E-state index in [-0.39, 0.29) is 11.7 Å². The second-order valence-corrected chi connectivity index (χ2v) is 5.79. The maximum absolute atomic E-state index is 13.3. The van der Waals surface area contributed by atoms with Gasteiger partial charge in [0.05, 0.1) is 17.7 Å². The van der Waals surface area contributed by atoms with Crippen LogP contribution in [0.15, 0.2) is 53.3 Å². The molecule has 126 valence electrons. The van der Waals surface area contributed by atoms with E-state index in [9.17, 15) is 9.18 Å². The average molecular weight is 338 g/mol. The number of fused-ring (bicyclic) bond motifs is 1. The van der Waals surface area contributed by atoms with Gasteiger partial charge in [0.15, 0.2) is 5.82 Å². The normalized spacial score (nSPS) is 13.4. The number of aromatic nitrogens is 2. The van der Waals surface area contributed by atoms with Gasteiger partial charge in [-0.2, -0.15) is 0 Å². The number of rotatable bonds is 3. The molecular formula is C18H15FN4O2. The van der Waals surface area contributed by atoms with Crippen molar-refractivity contribution in [3.63, 3.8) is 0 Å². The lowest BCUT2D eigenvalue weighted by Crippen LogP contribution is -2.35. The van der Waals surface area contributed by atoms with Gasteiger partial charge in [0.1, 0.15) is 11.6 Å². The van der Waals surface area contributed by atoms with E-state index in [1.165, 1.54) is 12.1 Å². The number of pyridine rings is 1. The first-order chi connectivity index (χ1) is 12.2. The van der Waals surface area contributed by atoms with Gasteiger partial charge in [-0.05, 0) is 30.3 Å². The highest BCUT2D eigenvalue weighted by atomic mass is 19.1. The highest BCUT2D eigenvalue weighted by molar-refractivity contribution is 5.94. The molecule has 6 nitrogen and oxygen atoms in total. The molecule has 2 aromatic heterocycles. The molecule has 0 saturated heterocycles. The zero-order valence-electron chi connectivity index (χ0n) is 13.3. The van der Waals surface area contributed by atoms with Crippen molar-refractivity contribution in [1.29, 1.82) is 0 Å². The number of nitrogens with zero attached hydrogens (tertiary/aromatic N) is 3. The summed E-state index contributed by atoms with van der Waals surface area (Å²) >= 11 is 0. The van der Waals surface area contributed by atoms with E-state index in [0.717, 1.165) is 11.3 Å². The van der Waals surface area contributed by atoms with Gasteiger partial charge in [-0.1, -0.05) is 11.2 Å². The summed E-state index contributed by atoms with van der Waals surface area (Å²) in [5.41, 5.74) is 1.93. The molecule has 25 heavy (non-hydrogen) atoms. The van der Waals surface area contributed by atoms with Crippen molar-refractivity contribution in [3.05, 3.63) is 71.5 Å². The third-order valence-corrected chi connectivity index (χ3v) is 4.11. The molecular weight excluding hydrogens is 323 g/mol. The van der Waals surface area contributed by atoms with Gasteiger partial charge in [-0.3, -0.25) is 9.78 Å². The Morgan fingerprint density at radius 3 is 3.00 bits per heavy atom. The molecule has 0 fully saturated rings. The molecule has 0 radical (unpaired) electrons. The molecule has 1 amide bonds. The van der Waals surface area contributed by atoms with Crippen LogP contribution in [0.1, 0.15) is 21.7 Å². The minimum Gasteiger partial charge on any atom is -0.359 e. The topological polar surface area (TPSA) is 71.3 Å². The zero-order chi connectivity index (χ0) is 17.2. The fraction of sp³-hybridized carbons (Fsp3) is 0.167. The minimum absolute atomic E-state index is 0.0864. The number of nitrogens with one attached hydrogen (secondary N) is 1. The summed E-state index contributed by atoms with van der Waals surface area (Å²) in [7, 11) is 0. The summed E-state index contributed by atoms with van der Waals surface area (Å²) in [5, 5.41) is 7.09. The molecule has 0 saturated carbocycles. The molecule has 3 heterocycles. The molecule has 7 heteroatoms. The van der Waals surface area contributed by atoms with E-state index in [1.54, 1.807) is 41.6 Å². The number of hydrogen-bond acceptors (Lipinski definition) is 5. The van der Waals surface area contributed by atoms with Gasteiger partial charge in [-0.25, -0.2) is 4.39 Å². The fourth-order valence-corrected chi connectivity index (χ4v) is 2.86. The molecule has 0 bridgehead atoms. The van der Waals surface area contributed by atoms with Crippen LogP contribution in [-0.2, 0) is 13.0 Å². The number of carbonyl (C=O) groups excluding carboxylic acids is 1. The number of anilines is 2. The Bertz CT molecular complexity index is 910. The Hall–Kier alpha value is -3.22. The van der Waals surface area contributed by atoms with Crippen LogP contribution < -0.4 is 5.32 Å². The average Bonchev–Trinajstić information content (AvgIpc) is 3.04. The molecule has 1 aliphatic rings. The van der Waals surface area contributed by atoms with Gasteiger partial charge in [0.25, 0.3) is 5.91 Å². The smallest absolute Gasteiger partial charge is 0.255 e. The largest absolute Gasteiger partial charge is 0.359 e. The van der Waals surface area contributed by atoms with Gasteiger partial charge in [-0.15, -0.1) is 0 Å². The summed E-state index contributed by atoms with van der Waals surface area (Å²) in [6.45, 7) is 0.930. The van der Waals surface area contributed by atoms with Crippen LogP contribution in [0.4, 0.5) is 15.9 Å². The van der Waals surface area contributed by atoms with Gasteiger partial charge in [0, 0.05) is 31.0 Å². The molecule has 0 aliphatic carbocycles. The third kappa shape index (κ3) is 3.08. The van der Waals surface area contributed by atoms with E-state index < -0.39 is 0 Å². The van der Waals surface area contributed by atoms with Crippen molar-refractivity contribution < 1.29 is 13.7 Å². The van der Waals surface area contributed by atoms with Gasteiger partial charge in [0.2, 0.25) is 0 Å². The first kappa shape index (κ1) is 15.3. The number of halogens is 1. The Morgan fingerprint density at radius 2 is 2.20 bits per heavy atom.